The quantitative estimate of drug-likeness (QED) is 0.116. The molecule has 13 nitrogen and oxygen atoms in total. The predicted octanol–water partition coefficient (Wildman–Crippen LogP) is 2.86. The average Bonchev–Trinajstić information content (AvgIpc) is 3.00. The number of anilines is 2. The van der Waals surface area contributed by atoms with E-state index in [1.807, 2.05) is 0 Å². The molecule has 0 saturated carbocycles. The van der Waals surface area contributed by atoms with Gasteiger partial charge in [0.15, 0.2) is 0 Å². The second-order valence-corrected chi connectivity index (χ2v) is 9.75. The van der Waals surface area contributed by atoms with Crippen molar-refractivity contribution in [3.8, 4) is 0 Å². The maximum atomic E-state index is 13.2. The number of pyridine rings is 1. The molecular formula is C30H38F3N5O8. The summed E-state index contributed by atoms with van der Waals surface area (Å²) < 4.78 is 37.5. The van der Waals surface area contributed by atoms with Gasteiger partial charge in [-0.2, -0.15) is 13.2 Å². The van der Waals surface area contributed by atoms with Gasteiger partial charge in [0.2, 0.25) is 11.8 Å². The summed E-state index contributed by atoms with van der Waals surface area (Å²) in [4.78, 5) is 71.6. The Morgan fingerprint density at radius 1 is 1.07 bits per heavy atom. The molecule has 3 amide bonds. The second-order valence-electron chi connectivity index (χ2n) is 9.75. The number of methoxy groups -OCH3 is 1. The first-order valence-corrected chi connectivity index (χ1v) is 14.1. The number of carboxylic acid groups (broad SMARTS) is 1. The fraction of sp³-hybridized carbons (Fsp3) is 0.400. The maximum absolute atomic E-state index is 13.2. The summed E-state index contributed by atoms with van der Waals surface area (Å²) in [5.74, 6) is -4.46. The molecule has 0 radical (unpaired) electrons. The minimum absolute atomic E-state index is 0.0427. The van der Waals surface area contributed by atoms with Crippen LogP contribution >= 0.6 is 0 Å². The van der Waals surface area contributed by atoms with Crippen LogP contribution in [0.5, 0.6) is 0 Å². The van der Waals surface area contributed by atoms with Crippen molar-refractivity contribution in [1.82, 2.24) is 15.2 Å². The Kier molecular flexibility index (Phi) is 16.3. The summed E-state index contributed by atoms with van der Waals surface area (Å²) in [6, 6.07) is 8.33. The number of benzene rings is 1. The van der Waals surface area contributed by atoms with E-state index in [4.69, 9.17) is 15.6 Å². The first-order valence-electron chi connectivity index (χ1n) is 14.1. The number of nitrogens with one attached hydrogen (secondary N) is 3. The first kappa shape index (κ1) is 38.9. The molecule has 2 aromatic rings. The van der Waals surface area contributed by atoms with Crippen LogP contribution < -0.4 is 27.2 Å². The number of carbonyl (C=O) groups excluding carboxylic acids is 4. The molecule has 0 spiro atoms. The molecular weight excluding hydrogens is 615 g/mol. The van der Waals surface area contributed by atoms with E-state index in [0.717, 1.165) is 12.8 Å². The normalized spacial score (nSPS) is 11.6. The Morgan fingerprint density at radius 2 is 1.70 bits per heavy atom. The zero-order chi connectivity index (χ0) is 34.9. The number of ether oxygens (including phenoxy) is 1. The molecule has 6 N–H and O–H groups in total. The number of rotatable bonds is 14. The predicted molar refractivity (Wildman–Crippen MR) is 163 cm³/mol. The number of nitrogen functional groups attached to an aromatic ring is 1. The van der Waals surface area contributed by atoms with Gasteiger partial charge in [-0.3, -0.25) is 19.2 Å². The average molecular weight is 654 g/mol. The lowest BCUT2D eigenvalue weighted by molar-refractivity contribution is -0.192. The number of aliphatic carboxylic acids is 1. The van der Waals surface area contributed by atoms with Crippen LogP contribution in [0.15, 0.2) is 59.5 Å². The van der Waals surface area contributed by atoms with Gasteiger partial charge < -0.3 is 36.1 Å². The van der Waals surface area contributed by atoms with E-state index in [0.29, 0.717) is 12.5 Å². The molecule has 0 aliphatic heterocycles. The standard InChI is InChI=1S/C28H37N5O6.C2HF3O2/c1-4-19(5-2)17-30-24(34)18-33-16-10-14-23(28(33)38)32-27(37)22(13-8-9-15-25(35)39-3)31-26(36)20-11-6-7-12-21(20)29;3-2(4,5)1(6)7/h6-7,9-12,14-16,19,22H,4-5,8,13,17-18,29H2,1-3H3,(H,30,34)(H,31,36)(H,32,37);(H,6,7). The summed E-state index contributed by atoms with van der Waals surface area (Å²) in [5, 5.41) is 15.2. The Balaban J connectivity index is 0.00000135. The smallest absolute Gasteiger partial charge is 0.475 e. The van der Waals surface area contributed by atoms with E-state index in [-0.39, 0.29) is 42.2 Å². The highest BCUT2D eigenvalue weighted by Crippen LogP contribution is 2.14. The van der Waals surface area contributed by atoms with Crippen molar-refractivity contribution < 1.29 is 47.0 Å². The fourth-order valence-electron chi connectivity index (χ4n) is 3.74. The summed E-state index contributed by atoms with van der Waals surface area (Å²) >= 11 is 0. The lowest BCUT2D eigenvalue weighted by atomic mass is 10.0. The highest BCUT2D eigenvalue weighted by molar-refractivity contribution is 6.03. The topological polar surface area (TPSA) is 199 Å². The SMILES string of the molecule is CCC(CC)CNC(=O)Cn1cccc(NC(=O)C(CCC=CC(=O)OC)NC(=O)c2ccccc2N)c1=O.O=C(O)C(F)(F)F. The molecule has 252 valence electrons. The fourth-order valence-corrected chi connectivity index (χ4v) is 3.74. The molecule has 1 aromatic heterocycles. The van der Waals surface area contributed by atoms with E-state index in [2.05, 4.69) is 34.5 Å². The van der Waals surface area contributed by atoms with Crippen molar-refractivity contribution in [1.29, 1.82) is 0 Å². The summed E-state index contributed by atoms with van der Waals surface area (Å²) in [6.07, 6.45) is 1.37. The molecule has 1 aromatic carbocycles. The van der Waals surface area contributed by atoms with E-state index in [9.17, 15) is 37.1 Å². The highest BCUT2D eigenvalue weighted by atomic mass is 19.4. The van der Waals surface area contributed by atoms with Crippen LogP contribution in [-0.4, -0.2) is 65.2 Å². The number of nitrogens with zero attached hydrogens (tertiary/aromatic N) is 1. The first-order chi connectivity index (χ1) is 21.6. The van der Waals surface area contributed by atoms with Crippen molar-refractivity contribution >= 4 is 41.0 Å². The highest BCUT2D eigenvalue weighted by Gasteiger charge is 2.38. The van der Waals surface area contributed by atoms with Crippen LogP contribution in [0, 0.1) is 5.92 Å². The monoisotopic (exact) mass is 653 g/mol. The van der Waals surface area contributed by atoms with Gasteiger partial charge in [-0.15, -0.1) is 0 Å². The summed E-state index contributed by atoms with van der Waals surface area (Å²) in [6.45, 7) is 4.43. The molecule has 0 saturated heterocycles. The van der Waals surface area contributed by atoms with Crippen molar-refractivity contribution in [2.45, 2.75) is 58.3 Å². The Morgan fingerprint density at radius 3 is 2.26 bits per heavy atom. The molecule has 2 rings (SSSR count). The number of nitrogens with two attached hydrogens (primary N) is 1. The summed E-state index contributed by atoms with van der Waals surface area (Å²) in [7, 11) is 1.25. The van der Waals surface area contributed by atoms with Crippen molar-refractivity contribution in [3.63, 3.8) is 0 Å². The van der Waals surface area contributed by atoms with Crippen LogP contribution in [0.25, 0.3) is 0 Å². The second kappa shape index (κ2) is 19.3. The third kappa shape index (κ3) is 13.7. The molecule has 46 heavy (non-hydrogen) atoms. The van der Waals surface area contributed by atoms with Gasteiger partial charge in [-0.1, -0.05) is 44.9 Å². The van der Waals surface area contributed by atoms with Crippen LogP contribution in [0.1, 0.15) is 49.9 Å². The van der Waals surface area contributed by atoms with Gasteiger partial charge in [0, 0.05) is 24.5 Å². The minimum atomic E-state index is -5.08. The van der Waals surface area contributed by atoms with Crippen LogP contribution in [0.4, 0.5) is 24.5 Å². The third-order valence-electron chi connectivity index (χ3n) is 6.48. The van der Waals surface area contributed by atoms with Crippen molar-refractivity contribution in [3.05, 3.63) is 70.7 Å². The van der Waals surface area contributed by atoms with E-state index in [1.165, 1.54) is 42.2 Å². The molecule has 0 aliphatic rings. The zero-order valence-corrected chi connectivity index (χ0v) is 25.6. The molecule has 1 heterocycles. The lowest BCUT2D eigenvalue weighted by Crippen LogP contribution is -2.45. The maximum Gasteiger partial charge on any atom is 0.490 e. The number of para-hydroxylation sites is 1. The number of hydrogen-bond donors (Lipinski definition) is 5. The molecule has 16 heteroatoms. The van der Waals surface area contributed by atoms with E-state index < -0.39 is 41.5 Å². The molecule has 1 unspecified atom stereocenters. The van der Waals surface area contributed by atoms with Gasteiger partial charge in [0.1, 0.15) is 18.3 Å². The largest absolute Gasteiger partial charge is 0.490 e. The molecule has 0 fully saturated rings. The third-order valence-corrected chi connectivity index (χ3v) is 6.48. The van der Waals surface area contributed by atoms with E-state index >= 15 is 0 Å². The van der Waals surface area contributed by atoms with Crippen LogP contribution in [0.3, 0.4) is 0 Å². The summed E-state index contributed by atoms with van der Waals surface area (Å²) in [5.41, 5.74) is 5.73. The van der Waals surface area contributed by atoms with Gasteiger partial charge >= 0.3 is 18.1 Å². The Hall–Kier alpha value is -5.15. The van der Waals surface area contributed by atoms with Crippen LogP contribution in [0.2, 0.25) is 0 Å². The Bertz CT molecular complexity index is 1440. The van der Waals surface area contributed by atoms with Gasteiger partial charge in [0.05, 0.1) is 12.7 Å². The number of allylic oxidation sites excluding steroid dienone is 1. The molecule has 0 aliphatic carbocycles. The van der Waals surface area contributed by atoms with E-state index in [1.54, 1.807) is 24.3 Å². The Labute approximate surface area is 263 Å². The number of alkyl halides is 3. The minimum Gasteiger partial charge on any atom is -0.475 e. The number of aromatic nitrogens is 1. The van der Waals surface area contributed by atoms with Gasteiger partial charge in [-0.05, 0) is 43.0 Å². The molecule has 1 atom stereocenters. The van der Waals surface area contributed by atoms with Gasteiger partial charge in [0.25, 0.3) is 11.5 Å². The number of amides is 3. The number of carbonyl (C=O) groups is 5. The number of esters is 1. The lowest BCUT2D eigenvalue weighted by Gasteiger charge is -2.19. The zero-order valence-electron chi connectivity index (χ0n) is 25.6. The van der Waals surface area contributed by atoms with Crippen LogP contribution in [-0.2, 0) is 30.5 Å². The number of halogens is 3. The van der Waals surface area contributed by atoms with Gasteiger partial charge in [-0.25, -0.2) is 9.59 Å². The van der Waals surface area contributed by atoms with Crippen molar-refractivity contribution in [2.75, 3.05) is 24.7 Å². The molecule has 0 bridgehead atoms. The van der Waals surface area contributed by atoms with Crippen molar-refractivity contribution in [2.24, 2.45) is 5.92 Å². The number of carboxylic acids is 1. The number of hydrogen-bond acceptors (Lipinski definition) is 8.